The molecule has 0 atom stereocenters. The lowest BCUT2D eigenvalue weighted by Gasteiger charge is -2.08. The topological polar surface area (TPSA) is 118 Å². The van der Waals surface area contributed by atoms with Crippen LogP contribution in [0, 0.1) is 13.8 Å². The van der Waals surface area contributed by atoms with Gasteiger partial charge in [0.05, 0.1) is 12.1 Å². The van der Waals surface area contributed by atoms with Crippen LogP contribution in [0.3, 0.4) is 0 Å². The van der Waals surface area contributed by atoms with E-state index < -0.39 is 0 Å². The number of nitrogens with one attached hydrogen (secondary N) is 3. The fourth-order valence-electron chi connectivity index (χ4n) is 2.45. The Hall–Kier alpha value is -3.49. The molecule has 3 heterocycles. The Kier molecular flexibility index (Phi) is 5.93. The number of aryl methyl sites for hydroxylation is 2. The number of pyridine rings is 1. The zero-order chi connectivity index (χ0) is 19.1. The third-order valence-corrected chi connectivity index (χ3v) is 3.89. The fourth-order valence-corrected chi connectivity index (χ4v) is 2.45. The number of rotatable bonds is 8. The molecule has 3 rings (SSSR count). The molecule has 0 aromatic carbocycles. The highest BCUT2D eigenvalue weighted by Gasteiger charge is 2.12. The Balaban J connectivity index is 1.39. The van der Waals surface area contributed by atoms with Gasteiger partial charge in [0.25, 0.3) is 0 Å². The van der Waals surface area contributed by atoms with E-state index in [0.29, 0.717) is 30.5 Å². The Morgan fingerprint density at radius 1 is 1.04 bits per heavy atom. The molecule has 3 aromatic heterocycles. The van der Waals surface area contributed by atoms with Crippen LogP contribution in [-0.4, -0.2) is 39.3 Å². The monoisotopic (exact) mass is 367 g/mol. The molecule has 0 radical (unpaired) electrons. The van der Waals surface area contributed by atoms with E-state index in [2.05, 4.69) is 36.3 Å². The van der Waals surface area contributed by atoms with Gasteiger partial charge in [-0.25, -0.2) is 0 Å². The maximum Gasteiger partial charge on any atom is 0.224 e. The molecule has 27 heavy (non-hydrogen) atoms. The van der Waals surface area contributed by atoms with E-state index in [1.54, 1.807) is 19.3 Å². The number of carbonyl (C=O) groups excluding carboxylic acids is 1. The zero-order valence-electron chi connectivity index (χ0n) is 15.2. The van der Waals surface area contributed by atoms with Crippen molar-refractivity contribution >= 4 is 23.2 Å². The lowest BCUT2D eigenvalue weighted by Crippen LogP contribution is -2.30. The summed E-state index contributed by atoms with van der Waals surface area (Å²) in [5.41, 5.74) is 2.47. The molecule has 0 unspecified atom stereocenters. The summed E-state index contributed by atoms with van der Waals surface area (Å²) in [6, 6.07) is 7.34. The Morgan fingerprint density at radius 2 is 1.78 bits per heavy atom. The molecule has 0 aliphatic rings. The molecule has 1 amide bonds. The lowest BCUT2D eigenvalue weighted by atomic mass is 10.1. The number of hydrogen-bond acceptors (Lipinski definition) is 8. The van der Waals surface area contributed by atoms with Crippen LogP contribution in [0.4, 0.5) is 17.3 Å². The van der Waals surface area contributed by atoms with Gasteiger partial charge in [-0.15, -0.1) is 10.2 Å². The van der Waals surface area contributed by atoms with Gasteiger partial charge in [0.15, 0.2) is 5.82 Å². The van der Waals surface area contributed by atoms with Crippen molar-refractivity contribution in [3.05, 3.63) is 53.7 Å². The molecular formula is C18H21N7O2. The van der Waals surface area contributed by atoms with Gasteiger partial charge < -0.3 is 20.5 Å². The average molecular weight is 367 g/mol. The Morgan fingerprint density at radius 3 is 2.44 bits per heavy atom. The lowest BCUT2D eigenvalue weighted by molar-refractivity contribution is -0.120. The van der Waals surface area contributed by atoms with Crippen molar-refractivity contribution < 1.29 is 9.32 Å². The number of carbonyl (C=O) groups is 1. The van der Waals surface area contributed by atoms with Crippen LogP contribution in [0.15, 0.2) is 41.2 Å². The van der Waals surface area contributed by atoms with Crippen molar-refractivity contribution in [1.29, 1.82) is 0 Å². The summed E-state index contributed by atoms with van der Waals surface area (Å²) in [7, 11) is 0. The van der Waals surface area contributed by atoms with Crippen LogP contribution in [0.2, 0.25) is 0 Å². The van der Waals surface area contributed by atoms with Crippen molar-refractivity contribution in [1.82, 2.24) is 25.7 Å². The van der Waals surface area contributed by atoms with Crippen molar-refractivity contribution in [3.8, 4) is 0 Å². The molecule has 9 nitrogen and oxygen atoms in total. The second-order valence-electron chi connectivity index (χ2n) is 5.92. The van der Waals surface area contributed by atoms with Gasteiger partial charge in [-0.05, 0) is 38.1 Å². The molecule has 0 fully saturated rings. The smallest absolute Gasteiger partial charge is 0.224 e. The van der Waals surface area contributed by atoms with Gasteiger partial charge in [0.2, 0.25) is 5.91 Å². The van der Waals surface area contributed by atoms with Gasteiger partial charge in [-0.3, -0.25) is 9.78 Å². The fraction of sp³-hybridized carbons (Fsp3) is 0.278. The Bertz CT molecular complexity index is 859. The average Bonchev–Trinajstić information content (AvgIpc) is 2.99. The maximum absolute atomic E-state index is 12.0. The molecule has 3 aromatic rings. The minimum atomic E-state index is -0.0748. The molecule has 3 N–H and O–H groups in total. The Labute approximate surface area is 156 Å². The van der Waals surface area contributed by atoms with Gasteiger partial charge in [-0.2, -0.15) is 0 Å². The summed E-state index contributed by atoms with van der Waals surface area (Å²) in [4.78, 5) is 16.0. The van der Waals surface area contributed by atoms with E-state index in [0.717, 1.165) is 16.9 Å². The molecule has 0 spiro atoms. The minimum Gasteiger partial charge on any atom is -0.367 e. The van der Waals surface area contributed by atoms with E-state index in [9.17, 15) is 4.79 Å². The highest BCUT2D eigenvalue weighted by Crippen LogP contribution is 2.13. The number of amides is 1. The molecule has 0 saturated carbocycles. The first-order valence-corrected chi connectivity index (χ1v) is 8.55. The van der Waals surface area contributed by atoms with Crippen LogP contribution in [0.1, 0.15) is 17.0 Å². The molecule has 0 saturated heterocycles. The number of anilines is 3. The van der Waals surface area contributed by atoms with E-state index in [1.165, 1.54) is 0 Å². The van der Waals surface area contributed by atoms with Crippen LogP contribution >= 0.6 is 0 Å². The third-order valence-electron chi connectivity index (χ3n) is 3.89. The summed E-state index contributed by atoms with van der Waals surface area (Å²) >= 11 is 0. The molecule has 0 bridgehead atoms. The van der Waals surface area contributed by atoms with Crippen LogP contribution in [0.5, 0.6) is 0 Å². The summed E-state index contributed by atoms with van der Waals surface area (Å²) < 4.78 is 5.06. The highest BCUT2D eigenvalue weighted by molar-refractivity contribution is 5.79. The van der Waals surface area contributed by atoms with Crippen molar-refractivity contribution in [2.24, 2.45) is 0 Å². The predicted molar refractivity (Wildman–Crippen MR) is 101 cm³/mol. The SMILES string of the molecule is Cc1noc(C)c1CC(=O)NCCNc1ccc(Nc2ccncc2)nn1. The molecule has 0 aliphatic heterocycles. The van der Waals surface area contributed by atoms with E-state index in [-0.39, 0.29) is 12.3 Å². The highest BCUT2D eigenvalue weighted by atomic mass is 16.5. The molecule has 9 heteroatoms. The van der Waals surface area contributed by atoms with Crippen molar-refractivity contribution in [2.45, 2.75) is 20.3 Å². The number of nitrogens with zero attached hydrogens (tertiary/aromatic N) is 4. The summed E-state index contributed by atoms with van der Waals surface area (Å²) in [6.45, 7) is 4.64. The first-order valence-electron chi connectivity index (χ1n) is 8.55. The van der Waals surface area contributed by atoms with Crippen LogP contribution in [-0.2, 0) is 11.2 Å². The largest absolute Gasteiger partial charge is 0.367 e. The van der Waals surface area contributed by atoms with E-state index in [4.69, 9.17) is 4.52 Å². The summed E-state index contributed by atoms with van der Waals surface area (Å²) in [6.07, 6.45) is 3.66. The van der Waals surface area contributed by atoms with Gasteiger partial charge >= 0.3 is 0 Å². The van der Waals surface area contributed by atoms with Crippen LogP contribution < -0.4 is 16.0 Å². The van der Waals surface area contributed by atoms with Crippen molar-refractivity contribution in [3.63, 3.8) is 0 Å². The van der Waals surface area contributed by atoms with Crippen LogP contribution in [0.25, 0.3) is 0 Å². The van der Waals surface area contributed by atoms with E-state index >= 15 is 0 Å². The predicted octanol–water partition coefficient (Wildman–Crippen LogP) is 1.99. The normalized spacial score (nSPS) is 10.4. The standard InChI is InChI=1S/C18H21N7O2/c1-12-15(13(2)27-25-12)11-18(26)21-10-9-20-16-3-4-17(24-23-16)22-14-5-7-19-8-6-14/h3-8H,9-11H2,1-2H3,(H,20,23)(H,21,26)(H,19,22,24). The molecular weight excluding hydrogens is 346 g/mol. The first-order chi connectivity index (χ1) is 13.1. The maximum atomic E-state index is 12.0. The van der Waals surface area contributed by atoms with Gasteiger partial charge in [0.1, 0.15) is 11.6 Å². The van der Waals surface area contributed by atoms with Crippen molar-refractivity contribution in [2.75, 3.05) is 23.7 Å². The third kappa shape index (κ3) is 5.24. The number of hydrogen-bond donors (Lipinski definition) is 3. The molecule has 0 aliphatic carbocycles. The first kappa shape index (κ1) is 18.3. The summed E-state index contributed by atoms with van der Waals surface area (Å²) in [5, 5.41) is 21.2. The number of aromatic nitrogens is 4. The second kappa shape index (κ2) is 8.75. The van der Waals surface area contributed by atoms with E-state index in [1.807, 2.05) is 31.2 Å². The zero-order valence-corrected chi connectivity index (χ0v) is 15.2. The quantitative estimate of drug-likeness (QED) is 0.517. The molecule has 140 valence electrons. The van der Waals surface area contributed by atoms with Gasteiger partial charge in [0, 0.05) is 36.7 Å². The summed E-state index contributed by atoms with van der Waals surface area (Å²) in [5.74, 6) is 1.88. The second-order valence-corrected chi connectivity index (χ2v) is 5.92. The minimum absolute atomic E-state index is 0.0748. The van der Waals surface area contributed by atoms with Gasteiger partial charge in [-0.1, -0.05) is 5.16 Å².